The van der Waals surface area contributed by atoms with E-state index in [1.165, 1.54) is 0 Å². The van der Waals surface area contributed by atoms with Gasteiger partial charge in [-0.05, 0) is 56.4 Å². The number of nitrogens with zero attached hydrogens (tertiary/aromatic N) is 1. The zero-order valence-electron chi connectivity index (χ0n) is 17.3. The molecule has 0 bridgehead atoms. The van der Waals surface area contributed by atoms with Crippen molar-refractivity contribution in [2.45, 2.75) is 45.8 Å². The van der Waals surface area contributed by atoms with Crippen molar-refractivity contribution in [3.63, 3.8) is 0 Å². The van der Waals surface area contributed by atoms with Crippen LogP contribution >= 0.6 is 0 Å². The second-order valence-corrected chi connectivity index (χ2v) is 7.75. The summed E-state index contributed by atoms with van der Waals surface area (Å²) in [6.07, 6.45) is 0.970. The monoisotopic (exact) mass is 385 g/mol. The Morgan fingerprint density at radius 1 is 1.00 bits per heavy atom. The number of para-hydroxylation sites is 1. The van der Waals surface area contributed by atoms with Crippen LogP contribution in [0.3, 0.4) is 0 Å². The van der Waals surface area contributed by atoms with Gasteiger partial charge in [0.2, 0.25) is 0 Å². The number of benzene rings is 2. The predicted octanol–water partition coefficient (Wildman–Crippen LogP) is 4.21. The summed E-state index contributed by atoms with van der Waals surface area (Å²) >= 11 is 0. The Kier molecular flexibility index (Phi) is 7.88. The number of carbonyl (C=O) groups excluding carboxylic acids is 1. The van der Waals surface area contributed by atoms with Crippen LogP contribution in [-0.4, -0.2) is 42.0 Å². The van der Waals surface area contributed by atoms with Crippen LogP contribution in [0.5, 0.6) is 5.75 Å². The number of amides is 1. The summed E-state index contributed by atoms with van der Waals surface area (Å²) in [5, 5.41) is 9.06. The number of aliphatic hydroxyl groups is 1. The number of methoxy groups -OCH3 is 1. The van der Waals surface area contributed by atoms with Gasteiger partial charge in [0.25, 0.3) is 0 Å². The van der Waals surface area contributed by atoms with E-state index in [4.69, 9.17) is 14.6 Å². The molecular formula is C23H31NO4. The number of rotatable bonds is 8. The van der Waals surface area contributed by atoms with E-state index < -0.39 is 5.60 Å². The third kappa shape index (κ3) is 6.89. The normalized spacial score (nSPS) is 11.2. The van der Waals surface area contributed by atoms with Crippen LogP contribution in [0.2, 0.25) is 0 Å². The molecule has 2 aromatic rings. The molecule has 5 heteroatoms. The first-order valence-electron chi connectivity index (χ1n) is 9.61. The molecule has 1 N–H and O–H groups in total. The van der Waals surface area contributed by atoms with Crippen LogP contribution in [0, 0.1) is 0 Å². The lowest BCUT2D eigenvalue weighted by molar-refractivity contribution is 0.0235. The number of hydrogen-bond donors (Lipinski definition) is 1. The third-order valence-electron chi connectivity index (χ3n) is 4.29. The summed E-state index contributed by atoms with van der Waals surface area (Å²) in [4.78, 5) is 14.5. The van der Waals surface area contributed by atoms with E-state index in [0.29, 0.717) is 25.9 Å². The molecule has 0 saturated heterocycles. The molecule has 0 aliphatic heterocycles. The summed E-state index contributed by atoms with van der Waals surface area (Å²) in [6.45, 7) is 6.71. The lowest BCUT2D eigenvalue weighted by atomic mass is 10.1. The fraction of sp³-hybridized carbons (Fsp3) is 0.435. The summed E-state index contributed by atoms with van der Waals surface area (Å²) in [6, 6.07) is 15.8. The summed E-state index contributed by atoms with van der Waals surface area (Å²) in [7, 11) is 1.65. The number of aliphatic hydroxyl groups excluding tert-OH is 1. The van der Waals surface area contributed by atoms with Crippen LogP contribution in [-0.2, 0) is 24.1 Å². The molecule has 0 saturated carbocycles. The van der Waals surface area contributed by atoms with Gasteiger partial charge < -0.3 is 19.5 Å². The quantitative estimate of drug-likeness (QED) is 0.739. The lowest BCUT2D eigenvalue weighted by Gasteiger charge is -2.28. The summed E-state index contributed by atoms with van der Waals surface area (Å²) in [5.41, 5.74) is 2.60. The van der Waals surface area contributed by atoms with E-state index in [9.17, 15) is 4.79 Å². The highest BCUT2D eigenvalue weighted by Crippen LogP contribution is 2.20. The Bertz CT molecular complexity index is 750. The molecule has 2 rings (SSSR count). The fourth-order valence-corrected chi connectivity index (χ4v) is 2.89. The van der Waals surface area contributed by atoms with Crippen molar-refractivity contribution in [2.24, 2.45) is 0 Å². The average molecular weight is 386 g/mol. The maximum absolute atomic E-state index is 12.7. The fourth-order valence-electron chi connectivity index (χ4n) is 2.89. The van der Waals surface area contributed by atoms with Crippen molar-refractivity contribution in [1.82, 2.24) is 4.90 Å². The second-order valence-electron chi connectivity index (χ2n) is 7.75. The van der Waals surface area contributed by atoms with Gasteiger partial charge in [-0.2, -0.15) is 0 Å². The van der Waals surface area contributed by atoms with Crippen molar-refractivity contribution in [3.05, 3.63) is 65.2 Å². The highest BCUT2D eigenvalue weighted by atomic mass is 16.6. The third-order valence-corrected chi connectivity index (χ3v) is 4.29. The zero-order chi connectivity index (χ0) is 20.6. The molecule has 28 heavy (non-hydrogen) atoms. The summed E-state index contributed by atoms with van der Waals surface area (Å²) in [5.74, 6) is 0.819. The van der Waals surface area contributed by atoms with Crippen LogP contribution in [0.4, 0.5) is 4.79 Å². The minimum atomic E-state index is -0.551. The number of carbonyl (C=O) groups is 1. The van der Waals surface area contributed by atoms with E-state index >= 15 is 0 Å². The van der Waals surface area contributed by atoms with Gasteiger partial charge in [0, 0.05) is 19.7 Å². The number of hydrogen-bond acceptors (Lipinski definition) is 4. The average Bonchev–Trinajstić information content (AvgIpc) is 2.65. The Hall–Kier alpha value is -2.53. The van der Waals surface area contributed by atoms with Crippen LogP contribution in [0.15, 0.2) is 48.5 Å². The van der Waals surface area contributed by atoms with Crippen molar-refractivity contribution in [3.8, 4) is 5.75 Å². The standard InChI is InChI=1S/C23H31NO4/c1-23(2,3)28-22(26)24(15-13-20-7-5-6-8-21(20)27-4)17-19-11-9-18(10-12-19)14-16-25/h5-12,25H,13-17H2,1-4H3. The Morgan fingerprint density at radius 2 is 1.64 bits per heavy atom. The van der Waals surface area contributed by atoms with Crippen molar-refractivity contribution in [2.75, 3.05) is 20.3 Å². The molecule has 0 heterocycles. The molecule has 0 fully saturated rings. The first-order valence-corrected chi connectivity index (χ1v) is 9.61. The maximum atomic E-state index is 12.7. The molecule has 5 nitrogen and oxygen atoms in total. The first kappa shape index (κ1) is 21.8. The van der Waals surface area contributed by atoms with Gasteiger partial charge in [-0.15, -0.1) is 0 Å². The Balaban J connectivity index is 2.13. The van der Waals surface area contributed by atoms with Gasteiger partial charge in [-0.1, -0.05) is 42.5 Å². The lowest BCUT2D eigenvalue weighted by Crippen LogP contribution is -2.37. The van der Waals surface area contributed by atoms with Gasteiger partial charge in [0.1, 0.15) is 11.4 Å². The van der Waals surface area contributed by atoms with Crippen LogP contribution < -0.4 is 4.74 Å². The van der Waals surface area contributed by atoms with Gasteiger partial charge in [-0.3, -0.25) is 0 Å². The second kappa shape index (κ2) is 10.1. The van der Waals surface area contributed by atoms with E-state index in [0.717, 1.165) is 22.4 Å². The number of ether oxygens (including phenoxy) is 2. The van der Waals surface area contributed by atoms with Crippen molar-refractivity contribution < 1.29 is 19.4 Å². The molecule has 0 radical (unpaired) electrons. The van der Waals surface area contributed by atoms with Crippen LogP contribution in [0.1, 0.15) is 37.5 Å². The molecule has 0 aliphatic carbocycles. The molecule has 0 aliphatic rings. The zero-order valence-corrected chi connectivity index (χ0v) is 17.3. The molecule has 0 atom stereocenters. The van der Waals surface area contributed by atoms with Gasteiger partial charge >= 0.3 is 6.09 Å². The maximum Gasteiger partial charge on any atom is 0.410 e. The molecule has 0 unspecified atom stereocenters. The largest absolute Gasteiger partial charge is 0.496 e. The highest BCUT2D eigenvalue weighted by molar-refractivity contribution is 5.68. The van der Waals surface area contributed by atoms with Crippen molar-refractivity contribution in [1.29, 1.82) is 0 Å². The molecule has 0 spiro atoms. The minimum absolute atomic E-state index is 0.127. The molecular weight excluding hydrogens is 354 g/mol. The van der Waals surface area contributed by atoms with E-state index in [1.807, 2.05) is 69.3 Å². The van der Waals surface area contributed by atoms with E-state index in [1.54, 1.807) is 12.0 Å². The SMILES string of the molecule is COc1ccccc1CCN(Cc1ccc(CCO)cc1)C(=O)OC(C)(C)C. The molecule has 0 aromatic heterocycles. The molecule has 2 aromatic carbocycles. The summed E-state index contributed by atoms with van der Waals surface area (Å²) < 4.78 is 11.0. The highest BCUT2D eigenvalue weighted by Gasteiger charge is 2.22. The van der Waals surface area contributed by atoms with Gasteiger partial charge in [0.15, 0.2) is 0 Å². The molecule has 152 valence electrons. The van der Waals surface area contributed by atoms with Gasteiger partial charge in [-0.25, -0.2) is 4.79 Å². The van der Waals surface area contributed by atoms with E-state index in [2.05, 4.69) is 0 Å². The van der Waals surface area contributed by atoms with Gasteiger partial charge in [0.05, 0.1) is 7.11 Å². The topological polar surface area (TPSA) is 59.0 Å². The molecule has 1 amide bonds. The predicted molar refractivity (Wildman–Crippen MR) is 111 cm³/mol. The minimum Gasteiger partial charge on any atom is -0.496 e. The Labute approximate surface area is 167 Å². The Morgan fingerprint density at radius 3 is 2.25 bits per heavy atom. The van der Waals surface area contributed by atoms with Crippen LogP contribution in [0.25, 0.3) is 0 Å². The first-order chi connectivity index (χ1) is 13.3. The van der Waals surface area contributed by atoms with E-state index in [-0.39, 0.29) is 12.7 Å². The van der Waals surface area contributed by atoms with Crippen molar-refractivity contribution >= 4 is 6.09 Å². The smallest absolute Gasteiger partial charge is 0.410 e.